The van der Waals surface area contributed by atoms with Crippen molar-refractivity contribution >= 4 is 67.2 Å². The zero-order valence-corrected chi connectivity index (χ0v) is 17.0. The first-order valence-corrected chi connectivity index (χ1v) is 10.0. The third kappa shape index (κ3) is 4.73. The Labute approximate surface area is 165 Å². The molecule has 0 heterocycles. The van der Waals surface area contributed by atoms with Gasteiger partial charge in [-0.2, -0.15) is 0 Å². The molecule has 2 rings (SSSR count). The standard InChI is InChI=1S/C16H14BrCl2FN2O2S/c1-2-25(24)9-4-3-8(11(20)6-9)5-13(23)22-16-12(21)7-10(18)14(17)15(16)19/h3-4,6-7H,2,5,21H2,1H3,(H,22,23). The average molecular weight is 468 g/mol. The highest BCUT2D eigenvalue weighted by Crippen LogP contribution is 2.40. The monoisotopic (exact) mass is 466 g/mol. The third-order valence-electron chi connectivity index (χ3n) is 3.36. The Morgan fingerprint density at radius 2 is 2.04 bits per heavy atom. The van der Waals surface area contributed by atoms with E-state index in [9.17, 15) is 13.4 Å². The number of halogens is 4. The van der Waals surface area contributed by atoms with Gasteiger partial charge in [-0.15, -0.1) is 0 Å². The van der Waals surface area contributed by atoms with Crippen LogP contribution in [0.5, 0.6) is 0 Å². The minimum absolute atomic E-state index is 0.160. The molecule has 0 saturated carbocycles. The van der Waals surface area contributed by atoms with E-state index in [1.165, 1.54) is 18.2 Å². The number of nitrogens with one attached hydrogen (secondary N) is 1. The summed E-state index contributed by atoms with van der Waals surface area (Å²) in [6, 6.07) is 5.62. The predicted octanol–water partition coefficient (Wildman–Crippen LogP) is 4.79. The van der Waals surface area contributed by atoms with E-state index in [-0.39, 0.29) is 28.4 Å². The normalized spacial score (nSPS) is 12.0. The molecular formula is C16H14BrCl2FN2O2S. The summed E-state index contributed by atoms with van der Waals surface area (Å²) in [5, 5.41) is 3.03. The Morgan fingerprint density at radius 3 is 2.64 bits per heavy atom. The molecule has 1 amide bonds. The van der Waals surface area contributed by atoms with E-state index in [0.717, 1.165) is 0 Å². The van der Waals surface area contributed by atoms with Crippen LogP contribution in [0.4, 0.5) is 15.8 Å². The Bertz CT molecular complexity index is 865. The lowest BCUT2D eigenvalue weighted by atomic mass is 10.1. The van der Waals surface area contributed by atoms with E-state index in [4.69, 9.17) is 28.9 Å². The smallest absolute Gasteiger partial charge is 0.229 e. The zero-order valence-electron chi connectivity index (χ0n) is 13.0. The van der Waals surface area contributed by atoms with Gasteiger partial charge in [0.25, 0.3) is 0 Å². The molecule has 134 valence electrons. The highest BCUT2D eigenvalue weighted by Gasteiger charge is 2.17. The maximum atomic E-state index is 14.1. The van der Waals surface area contributed by atoms with Gasteiger partial charge in [0.2, 0.25) is 5.91 Å². The van der Waals surface area contributed by atoms with E-state index in [0.29, 0.717) is 20.1 Å². The first-order chi connectivity index (χ1) is 11.7. The second kappa shape index (κ2) is 8.49. The predicted molar refractivity (Wildman–Crippen MR) is 104 cm³/mol. The summed E-state index contributed by atoms with van der Waals surface area (Å²) in [4.78, 5) is 12.6. The molecule has 0 aliphatic carbocycles. The molecule has 0 aliphatic rings. The largest absolute Gasteiger partial charge is 0.397 e. The van der Waals surface area contributed by atoms with Crippen molar-refractivity contribution in [2.24, 2.45) is 0 Å². The molecule has 1 atom stereocenters. The number of hydrogen-bond donors (Lipinski definition) is 2. The number of carbonyl (C=O) groups excluding carboxylic acids is 1. The van der Waals surface area contributed by atoms with Gasteiger partial charge in [-0.05, 0) is 39.7 Å². The highest BCUT2D eigenvalue weighted by molar-refractivity contribution is 9.10. The van der Waals surface area contributed by atoms with Crippen LogP contribution >= 0.6 is 39.1 Å². The molecule has 0 radical (unpaired) electrons. The number of benzene rings is 2. The first kappa shape index (κ1) is 20.2. The summed E-state index contributed by atoms with van der Waals surface area (Å²) in [7, 11) is -1.26. The SMILES string of the molecule is CCS(=O)c1ccc(CC(=O)Nc2c(N)cc(Cl)c(Br)c2Cl)c(F)c1. The molecule has 2 aromatic rings. The van der Waals surface area contributed by atoms with Gasteiger partial charge in [-0.1, -0.05) is 36.2 Å². The number of rotatable bonds is 5. The number of anilines is 2. The molecule has 0 aliphatic heterocycles. The van der Waals surface area contributed by atoms with E-state index >= 15 is 0 Å². The third-order valence-corrected chi connectivity index (χ3v) is 6.62. The van der Waals surface area contributed by atoms with Crippen LogP contribution in [0.15, 0.2) is 33.6 Å². The summed E-state index contributed by atoms with van der Waals surface area (Å²) in [6.07, 6.45) is -0.221. The van der Waals surface area contributed by atoms with E-state index < -0.39 is 22.5 Å². The van der Waals surface area contributed by atoms with Gasteiger partial charge in [-0.3, -0.25) is 9.00 Å². The fraction of sp³-hybridized carbons (Fsp3) is 0.188. The van der Waals surface area contributed by atoms with Crippen LogP contribution in [0.1, 0.15) is 12.5 Å². The molecule has 0 aromatic heterocycles. The molecule has 0 bridgehead atoms. The Kier molecular flexibility index (Phi) is 6.85. The van der Waals surface area contributed by atoms with Crippen molar-refractivity contribution in [3.63, 3.8) is 0 Å². The van der Waals surface area contributed by atoms with Gasteiger partial charge in [0.05, 0.1) is 43.1 Å². The lowest BCUT2D eigenvalue weighted by Gasteiger charge is -2.13. The van der Waals surface area contributed by atoms with Crippen molar-refractivity contribution in [1.82, 2.24) is 0 Å². The van der Waals surface area contributed by atoms with Crippen molar-refractivity contribution < 1.29 is 13.4 Å². The van der Waals surface area contributed by atoms with Crippen LogP contribution < -0.4 is 11.1 Å². The van der Waals surface area contributed by atoms with E-state index in [1.807, 2.05) is 0 Å². The van der Waals surface area contributed by atoms with Crippen LogP contribution in [-0.2, 0) is 22.0 Å². The number of nitrogen functional groups attached to an aromatic ring is 1. The highest BCUT2D eigenvalue weighted by atomic mass is 79.9. The molecule has 1 unspecified atom stereocenters. The Morgan fingerprint density at radius 1 is 1.36 bits per heavy atom. The molecule has 9 heteroatoms. The second-order valence-corrected chi connectivity index (χ2v) is 8.38. The second-order valence-electron chi connectivity index (χ2n) is 5.06. The topological polar surface area (TPSA) is 72.2 Å². The van der Waals surface area contributed by atoms with Crippen molar-refractivity contribution in [1.29, 1.82) is 0 Å². The number of amides is 1. The molecule has 0 fully saturated rings. The molecule has 2 aromatic carbocycles. The molecule has 0 spiro atoms. The summed E-state index contributed by atoms with van der Waals surface area (Å²) in [6.45, 7) is 1.74. The average Bonchev–Trinajstić information content (AvgIpc) is 2.57. The number of nitrogens with two attached hydrogens (primary N) is 1. The van der Waals surface area contributed by atoms with Crippen molar-refractivity contribution in [2.75, 3.05) is 16.8 Å². The minimum atomic E-state index is -1.26. The summed E-state index contributed by atoms with van der Waals surface area (Å²) in [5.41, 5.74) is 6.39. The van der Waals surface area contributed by atoms with Crippen LogP contribution in [0.25, 0.3) is 0 Å². The van der Waals surface area contributed by atoms with Crippen LogP contribution in [-0.4, -0.2) is 15.9 Å². The van der Waals surface area contributed by atoms with Crippen molar-refractivity contribution in [2.45, 2.75) is 18.2 Å². The first-order valence-electron chi connectivity index (χ1n) is 7.14. The van der Waals surface area contributed by atoms with E-state index in [1.54, 1.807) is 13.0 Å². The Balaban J connectivity index is 2.19. The van der Waals surface area contributed by atoms with Gasteiger partial charge in [-0.25, -0.2) is 4.39 Å². The maximum Gasteiger partial charge on any atom is 0.229 e. The summed E-state index contributed by atoms with van der Waals surface area (Å²) >= 11 is 15.3. The summed E-state index contributed by atoms with van der Waals surface area (Å²) in [5.74, 6) is -0.695. The lowest BCUT2D eigenvalue weighted by Crippen LogP contribution is -2.17. The van der Waals surface area contributed by atoms with Crippen LogP contribution in [0.2, 0.25) is 10.0 Å². The maximum absolute atomic E-state index is 14.1. The summed E-state index contributed by atoms with van der Waals surface area (Å²) < 4.78 is 26.2. The van der Waals surface area contributed by atoms with Gasteiger partial charge in [0.1, 0.15) is 5.82 Å². The number of hydrogen-bond acceptors (Lipinski definition) is 3. The minimum Gasteiger partial charge on any atom is -0.397 e. The quantitative estimate of drug-likeness (QED) is 0.490. The molecule has 4 nitrogen and oxygen atoms in total. The van der Waals surface area contributed by atoms with Gasteiger partial charge >= 0.3 is 0 Å². The fourth-order valence-corrected chi connectivity index (χ4v) is 3.70. The number of carbonyl (C=O) groups is 1. The van der Waals surface area contributed by atoms with Gasteiger partial charge in [0, 0.05) is 10.6 Å². The van der Waals surface area contributed by atoms with E-state index in [2.05, 4.69) is 21.2 Å². The lowest BCUT2D eigenvalue weighted by molar-refractivity contribution is -0.115. The van der Waals surface area contributed by atoms with Crippen molar-refractivity contribution in [3.8, 4) is 0 Å². The van der Waals surface area contributed by atoms with Crippen molar-refractivity contribution in [3.05, 3.63) is 50.2 Å². The van der Waals surface area contributed by atoms with Gasteiger partial charge in [0.15, 0.2) is 0 Å². The molecule has 25 heavy (non-hydrogen) atoms. The molecule has 3 N–H and O–H groups in total. The fourth-order valence-electron chi connectivity index (χ4n) is 2.08. The van der Waals surface area contributed by atoms with Gasteiger partial charge < -0.3 is 11.1 Å². The van der Waals surface area contributed by atoms with Crippen LogP contribution in [0, 0.1) is 5.82 Å². The molecular weight excluding hydrogens is 454 g/mol. The Hall–Kier alpha value is -1.15. The zero-order chi connectivity index (χ0) is 18.7. The van der Waals surface area contributed by atoms with Crippen LogP contribution in [0.3, 0.4) is 0 Å². The molecule has 0 saturated heterocycles.